The third kappa shape index (κ3) is 4.48. The highest BCUT2D eigenvalue weighted by molar-refractivity contribution is 7.99. The Morgan fingerprint density at radius 2 is 2.27 bits per heavy atom. The topological polar surface area (TPSA) is 57.0 Å². The lowest BCUT2D eigenvalue weighted by molar-refractivity contribution is -0.143. The fraction of sp³-hybridized carbons (Fsp3) is 0.400. The summed E-state index contributed by atoms with van der Waals surface area (Å²) in [6.07, 6.45) is 2.82. The number of hydrogen-bond donors (Lipinski definition) is 0. The zero-order chi connectivity index (χ0) is 15.9. The quantitative estimate of drug-likeness (QED) is 0.437. The van der Waals surface area contributed by atoms with Crippen molar-refractivity contribution < 1.29 is 9.53 Å². The van der Waals surface area contributed by atoms with Crippen molar-refractivity contribution in [3.05, 3.63) is 35.1 Å². The van der Waals surface area contributed by atoms with Crippen LogP contribution in [-0.2, 0) is 9.53 Å². The third-order valence-corrected chi connectivity index (χ3v) is 4.45. The zero-order valence-electron chi connectivity index (χ0n) is 12.6. The van der Waals surface area contributed by atoms with Gasteiger partial charge in [-0.1, -0.05) is 29.4 Å². The number of rotatable bonds is 7. The molecule has 0 fully saturated rings. The van der Waals surface area contributed by atoms with Crippen LogP contribution in [0.3, 0.4) is 0 Å². The lowest BCUT2D eigenvalue weighted by Crippen LogP contribution is -2.04. The minimum Gasteiger partial charge on any atom is -0.466 e. The number of benzene rings is 1. The molecule has 0 aliphatic rings. The molecule has 1 aromatic heterocycles. The second kappa shape index (κ2) is 8.19. The Bertz CT molecular complexity index is 645. The second-order valence-corrected chi connectivity index (χ2v) is 6.14. The average molecular weight is 340 g/mol. The molecule has 0 amide bonds. The summed E-state index contributed by atoms with van der Waals surface area (Å²) in [5.74, 6) is 0.617. The molecule has 5 nitrogen and oxygen atoms in total. The fourth-order valence-corrected chi connectivity index (χ4v) is 2.89. The maximum Gasteiger partial charge on any atom is 0.305 e. The molecule has 2 aromatic rings. The number of esters is 1. The van der Waals surface area contributed by atoms with Gasteiger partial charge in [-0.2, -0.15) is 0 Å². The van der Waals surface area contributed by atoms with E-state index in [1.807, 2.05) is 36.6 Å². The Morgan fingerprint density at radius 1 is 1.45 bits per heavy atom. The average Bonchev–Trinajstić information content (AvgIpc) is 2.95. The number of thioether (sulfide) groups is 1. The van der Waals surface area contributed by atoms with Crippen LogP contribution in [0.4, 0.5) is 0 Å². The predicted molar refractivity (Wildman–Crippen MR) is 87.7 cm³/mol. The van der Waals surface area contributed by atoms with Gasteiger partial charge in [-0.05, 0) is 38.0 Å². The Labute approximate surface area is 139 Å². The van der Waals surface area contributed by atoms with Gasteiger partial charge in [-0.15, -0.1) is 10.2 Å². The van der Waals surface area contributed by atoms with Crippen LogP contribution in [0.25, 0.3) is 5.69 Å². The molecule has 0 aliphatic heterocycles. The molecular weight excluding hydrogens is 322 g/mol. The molecule has 0 radical (unpaired) electrons. The van der Waals surface area contributed by atoms with E-state index in [-0.39, 0.29) is 5.97 Å². The Kier molecular flexibility index (Phi) is 6.27. The normalized spacial score (nSPS) is 10.7. The molecule has 0 bridgehead atoms. The summed E-state index contributed by atoms with van der Waals surface area (Å²) in [7, 11) is 0. The van der Waals surface area contributed by atoms with E-state index in [2.05, 4.69) is 10.2 Å². The van der Waals surface area contributed by atoms with Crippen molar-refractivity contribution in [1.29, 1.82) is 0 Å². The Hall–Kier alpha value is -1.53. The smallest absolute Gasteiger partial charge is 0.305 e. The summed E-state index contributed by atoms with van der Waals surface area (Å²) < 4.78 is 6.79. The molecule has 0 saturated carbocycles. The highest BCUT2D eigenvalue weighted by Gasteiger charge is 2.09. The maximum absolute atomic E-state index is 11.3. The van der Waals surface area contributed by atoms with Crippen molar-refractivity contribution >= 4 is 29.3 Å². The molecule has 0 aliphatic carbocycles. The monoisotopic (exact) mass is 339 g/mol. The van der Waals surface area contributed by atoms with Crippen LogP contribution in [0.1, 0.15) is 25.3 Å². The van der Waals surface area contributed by atoms with E-state index >= 15 is 0 Å². The number of carbonyl (C=O) groups is 1. The van der Waals surface area contributed by atoms with Crippen LogP contribution in [0, 0.1) is 6.92 Å². The van der Waals surface area contributed by atoms with Crippen molar-refractivity contribution in [2.45, 2.75) is 31.8 Å². The van der Waals surface area contributed by atoms with Crippen LogP contribution in [0.15, 0.2) is 29.7 Å². The van der Waals surface area contributed by atoms with E-state index in [4.69, 9.17) is 16.3 Å². The largest absolute Gasteiger partial charge is 0.466 e. The summed E-state index contributed by atoms with van der Waals surface area (Å²) >= 11 is 7.72. The summed E-state index contributed by atoms with van der Waals surface area (Å²) in [6.45, 7) is 4.19. The molecular formula is C15H18ClN3O2S. The summed E-state index contributed by atoms with van der Waals surface area (Å²) in [4.78, 5) is 11.3. The minimum absolute atomic E-state index is 0.158. The fourth-order valence-electron chi connectivity index (χ4n) is 1.84. The number of halogens is 1. The Morgan fingerprint density at radius 3 is 3.00 bits per heavy atom. The number of nitrogens with zero attached hydrogens (tertiary/aromatic N) is 3. The molecule has 118 valence electrons. The zero-order valence-corrected chi connectivity index (χ0v) is 14.2. The molecule has 1 aromatic carbocycles. The molecule has 0 spiro atoms. The van der Waals surface area contributed by atoms with Gasteiger partial charge in [0, 0.05) is 17.2 Å². The Balaban J connectivity index is 1.95. The van der Waals surface area contributed by atoms with Crippen molar-refractivity contribution in [1.82, 2.24) is 14.8 Å². The van der Waals surface area contributed by atoms with E-state index in [0.717, 1.165) is 28.6 Å². The van der Waals surface area contributed by atoms with E-state index in [1.54, 1.807) is 18.1 Å². The minimum atomic E-state index is -0.158. The van der Waals surface area contributed by atoms with E-state index in [1.165, 1.54) is 0 Å². The van der Waals surface area contributed by atoms with Crippen LogP contribution >= 0.6 is 23.4 Å². The van der Waals surface area contributed by atoms with Gasteiger partial charge in [0.15, 0.2) is 5.16 Å². The van der Waals surface area contributed by atoms with Crippen LogP contribution in [0.5, 0.6) is 0 Å². The lowest BCUT2D eigenvalue weighted by Gasteiger charge is -2.07. The van der Waals surface area contributed by atoms with Crippen molar-refractivity contribution in [3.8, 4) is 5.69 Å². The molecule has 0 N–H and O–H groups in total. The lowest BCUT2D eigenvalue weighted by atomic mass is 10.2. The third-order valence-electron chi connectivity index (χ3n) is 3.01. The van der Waals surface area contributed by atoms with Gasteiger partial charge in [0.1, 0.15) is 6.33 Å². The summed E-state index contributed by atoms with van der Waals surface area (Å²) in [5, 5.41) is 9.56. The van der Waals surface area contributed by atoms with Gasteiger partial charge < -0.3 is 4.74 Å². The molecule has 1 heterocycles. The molecule has 0 atom stereocenters. The first-order valence-electron chi connectivity index (χ1n) is 7.06. The summed E-state index contributed by atoms with van der Waals surface area (Å²) in [5.41, 5.74) is 1.95. The van der Waals surface area contributed by atoms with Crippen molar-refractivity contribution in [2.75, 3.05) is 12.4 Å². The standard InChI is InChI=1S/C15H18ClN3O2S/c1-3-21-14(20)5-4-8-22-15-18-17-10-19(15)12-7-6-11(2)13(16)9-12/h6-7,9-10H,3-5,8H2,1-2H3. The molecule has 7 heteroatoms. The van der Waals surface area contributed by atoms with Crippen molar-refractivity contribution in [2.24, 2.45) is 0 Å². The van der Waals surface area contributed by atoms with E-state index < -0.39 is 0 Å². The van der Waals surface area contributed by atoms with Gasteiger partial charge in [-0.25, -0.2) is 0 Å². The van der Waals surface area contributed by atoms with Gasteiger partial charge in [0.2, 0.25) is 0 Å². The first kappa shape index (κ1) is 16.8. The first-order chi connectivity index (χ1) is 10.6. The summed E-state index contributed by atoms with van der Waals surface area (Å²) in [6, 6.07) is 5.84. The number of aromatic nitrogens is 3. The highest BCUT2D eigenvalue weighted by Crippen LogP contribution is 2.24. The molecule has 0 saturated heterocycles. The van der Waals surface area contributed by atoms with Gasteiger partial charge in [0.05, 0.1) is 12.3 Å². The van der Waals surface area contributed by atoms with Gasteiger partial charge >= 0.3 is 5.97 Å². The van der Waals surface area contributed by atoms with E-state index in [0.29, 0.717) is 18.1 Å². The van der Waals surface area contributed by atoms with E-state index in [9.17, 15) is 4.79 Å². The second-order valence-electron chi connectivity index (χ2n) is 4.67. The first-order valence-corrected chi connectivity index (χ1v) is 8.43. The predicted octanol–water partition coefficient (Wildman–Crippen LogP) is 3.66. The molecule has 22 heavy (non-hydrogen) atoms. The SMILES string of the molecule is CCOC(=O)CCCSc1nncn1-c1ccc(C)c(Cl)c1. The number of hydrogen-bond acceptors (Lipinski definition) is 5. The number of ether oxygens (including phenoxy) is 1. The van der Waals surface area contributed by atoms with Gasteiger partial charge in [-0.3, -0.25) is 9.36 Å². The van der Waals surface area contributed by atoms with Crippen LogP contribution < -0.4 is 0 Å². The van der Waals surface area contributed by atoms with Crippen LogP contribution in [0.2, 0.25) is 5.02 Å². The number of aryl methyl sites for hydroxylation is 1. The number of carbonyl (C=O) groups excluding carboxylic acids is 1. The maximum atomic E-state index is 11.3. The molecule has 0 unspecified atom stereocenters. The van der Waals surface area contributed by atoms with Crippen molar-refractivity contribution in [3.63, 3.8) is 0 Å². The molecule has 2 rings (SSSR count). The highest BCUT2D eigenvalue weighted by atomic mass is 35.5. The van der Waals surface area contributed by atoms with Gasteiger partial charge in [0.25, 0.3) is 0 Å². The van der Waals surface area contributed by atoms with Crippen LogP contribution in [-0.4, -0.2) is 33.1 Å².